The topological polar surface area (TPSA) is 47.3 Å². The van der Waals surface area contributed by atoms with Crippen LogP contribution in [0, 0.1) is 0 Å². The molecule has 0 aromatic heterocycles. The number of nitrogens with two attached hydrogens (primary N) is 1. The number of nitrogen functional groups attached to an aromatic ring is 1. The van der Waals surface area contributed by atoms with Crippen LogP contribution in [0.5, 0.6) is 5.75 Å². The second-order valence-electron chi connectivity index (χ2n) is 5.95. The van der Waals surface area contributed by atoms with Gasteiger partial charge >= 0.3 is 0 Å². The van der Waals surface area contributed by atoms with Crippen molar-refractivity contribution in [3.8, 4) is 5.75 Å². The van der Waals surface area contributed by atoms with Crippen molar-refractivity contribution >= 4 is 5.69 Å². The van der Waals surface area contributed by atoms with Gasteiger partial charge in [0.1, 0.15) is 5.75 Å². The van der Waals surface area contributed by atoms with Crippen molar-refractivity contribution in [1.29, 1.82) is 0 Å². The maximum absolute atomic E-state index is 6.03. The Balaban J connectivity index is 2.19. The van der Waals surface area contributed by atoms with Crippen LogP contribution in [0.4, 0.5) is 5.69 Å². The van der Waals surface area contributed by atoms with Crippen LogP contribution in [0.3, 0.4) is 0 Å². The Morgan fingerprint density at radius 2 is 1.86 bits per heavy atom. The molecule has 0 amide bonds. The van der Waals surface area contributed by atoms with Gasteiger partial charge < -0.3 is 15.8 Å². The molecule has 0 bridgehead atoms. The largest absolute Gasteiger partial charge is 0.489 e. The smallest absolute Gasteiger partial charge is 0.142 e. The molecule has 0 aliphatic carbocycles. The Hall–Kier alpha value is -1.22. The van der Waals surface area contributed by atoms with Gasteiger partial charge in [0.15, 0.2) is 0 Å². The molecule has 0 heterocycles. The van der Waals surface area contributed by atoms with Crippen LogP contribution in [0.15, 0.2) is 18.2 Å². The standard InChI is InChI=1S/C18H32N2O/c1-4-5-6-7-12-20-13-8-9-16-10-11-18(17(19)14-16)21-15(2)3/h10-11,14-15,20H,4-9,12-13,19H2,1-3H3. The normalized spacial score (nSPS) is 11.0. The fourth-order valence-corrected chi connectivity index (χ4v) is 2.33. The monoisotopic (exact) mass is 292 g/mol. The first-order chi connectivity index (χ1) is 10.1. The van der Waals surface area contributed by atoms with Gasteiger partial charge in [-0.2, -0.15) is 0 Å². The van der Waals surface area contributed by atoms with E-state index < -0.39 is 0 Å². The SMILES string of the molecule is CCCCCCNCCCc1ccc(OC(C)C)c(N)c1. The minimum atomic E-state index is 0.162. The number of hydrogen-bond donors (Lipinski definition) is 2. The summed E-state index contributed by atoms with van der Waals surface area (Å²) < 4.78 is 5.65. The number of unbranched alkanes of at least 4 members (excludes halogenated alkanes) is 3. The first-order valence-electron chi connectivity index (χ1n) is 8.39. The Labute approximate surface area is 130 Å². The van der Waals surface area contributed by atoms with Crippen LogP contribution >= 0.6 is 0 Å². The van der Waals surface area contributed by atoms with Crippen LogP contribution in [-0.4, -0.2) is 19.2 Å². The van der Waals surface area contributed by atoms with Gasteiger partial charge in [0.05, 0.1) is 11.8 Å². The van der Waals surface area contributed by atoms with E-state index in [2.05, 4.69) is 18.3 Å². The van der Waals surface area contributed by atoms with E-state index in [4.69, 9.17) is 10.5 Å². The lowest BCUT2D eigenvalue weighted by Crippen LogP contribution is -2.17. The van der Waals surface area contributed by atoms with Crippen molar-refractivity contribution in [1.82, 2.24) is 5.32 Å². The first-order valence-corrected chi connectivity index (χ1v) is 8.39. The van der Waals surface area contributed by atoms with Crippen molar-refractivity contribution in [2.45, 2.75) is 65.4 Å². The molecule has 1 rings (SSSR count). The van der Waals surface area contributed by atoms with Gasteiger partial charge in [0.25, 0.3) is 0 Å². The summed E-state index contributed by atoms with van der Waals surface area (Å²) in [5.74, 6) is 0.794. The lowest BCUT2D eigenvalue weighted by Gasteiger charge is -2.13. The summed E-state index contributed by atoms with van der Waals surface area (Å²) in [5.41, 5.74) is 8.06. The third-order valence-electron chi connectivity index (χ3n) is 3.46. The van der Waals surface area contributed by atoms with Crippen molar-refractivity contribution in [2.75, 3.05) is 18.8 Å². The van der Waals surface area contributed by atoms with E-state index in [-0.39, 0.29) is 6.10 Å². The molecule has 0 saturated carbocycles. The molecule has 0 aliphatic heterocycles. The molecule has 0 radical (unpaired) electrons. The van der Waals surface area contributed by atoms with Gasteiger partial charge in [-0.1, -0.05) is 32.3 Å². The fourth-order valence-electron chi connectivity index (χ4n) is 2.33. The zero-order chi connectivity index (χ0) is 15.5. The van der Waals surface area contributed by atoms with E-state index >= 15 is 0 Å². The third kappa shape index (κ3) is 7.96. The number of anilines is 1. The zero-order valence-electron chi connectivity index (χ0n) is 14.0. The van der Waals surface area contributed by atoms with Crippen molar-refractivity contribution in [3.05, 3.63) is 23.8 Å². The van der Waals surface area contributed by atoms with Gasteiger partial charge in [-0.15, -0.1) is 0 Å². The number of aryl methyl sites for hydroxylation is 1. The Morgan fingerprint density at radius 3 is 2.52 bits per heavy atom. The van der Waals surface area contributed by atoms with Crippen LogP contribution in [0.1, 0.15) is 58.4 Å². The molecule has 0 fully saturated rings. The molecule has 1 aromatic rings. The van der Waals surface area contributed by atoms with Gasteiger partial charge in [0, 0.05) is 0 Å². The molecular formula is C18H32N2O. The zero-order valence-corrected chi connectivity index (χ0v) is 14.0. The van der Waals surface area contributed by atoms with Crippen LogP contribution in [0.25, 0.3) is 0 Å². The molecule has 0 unspecified atom stereocenters. The predicted molar refractivity (Wildman–Crippen MR) is 92.0 cm³/mol. The van der Waals surface area contributed by atoms with E-state index in [0.717, 1.165) is 37.4 Å². The second-order valence-corrected chi connectivity index (χ2v) is 5.95. The van der Waals surface area contributed by atoms with Gasteiger partial charge in [0.2, 0.25) is 0 Å². The highest BCUT2D eigenvalue weighted by Gasteiger charge is 2.04. The number of ether oxygens (including phenoxy) is 1. The second kappa shape index (κ2) is 10.5. The van der Waals surface area contributed by atoms with Crippen molar-refractivity contribution in [2.24, 2.45) is 0 Å². The van der Waals surface area contributed by atoms with E-state index in [1.807, 2.05) is 26.0 Å². The number of hydrogen-bond acceptors (Lipinski definition) is 3. The summed E-state index contributed by atoms with van der Waals surface area (Å²) in [6.07, 6.45) is 7.67. The Morgan fingerprint density at radius 1 is 1.10 bits per heavy atom. The number of rotatable bonds is 11. The molecule has 3 nitrogen and oxygen atoms in total. The van der Waals surface area contributed by atoms with E-state index in [1.165, 1.54) is 31.2 Å². The summed E-state index contributed by atoms with van der Waals surface area (Å²) in [7, 11) is 0. The molecule has 0 saturated heterocycles. The van der Waals surface area contributed by atoms with Gasteiger partial charge in [-0.05, 0) is 63.9 Å². The Bertz CT molecular complexity index is 391. The molecule has 0 aliphatic rings. The lowest BCUT2D eigenvalue weighted by molar-refractivity contribution is 0.244. The minimum Gasteiger partial charge on any atom is -0.489 e. The number of benzene rings is 1. The van der Waals surface area contributed by atoms with Crippen molar-refractivity contribution < 1.29 is 4.74 Å². The average molecular weight is 292 g/mol. The highest BCUT2D eigenvalue weighted by atomic mass is 16.5. The molecule has 3 N–H and O–H groups in total. The highest BCUT2D eigenvalue weighted by molar-refractivity contribution is 5.54. The summed E-state index contributed by atoms with van der Waals surface area (Å²) in [6, 6.07) is 6.15. The molecular weight excluding hydrogens is 260 g/mol. The number of nitrogens with one attached hydrogen (secondary N) is 1. The van der Waals surface area contributed by atoms with Crippen LogP contribution < -0.4 is 15.8 Å². The summed E-state index contributed by atoms with van der Waals surface area (Å²) >= 11 is 0. The van der Waals surface area contributed by atoms with E-state index in [0.29, 0.717) is 0 Å². The van der Waals surface area contributed by atoms with Gasteiger partial charge in [-0.3, -0.25) is 0 Å². The van der Waals surface area contributed by atoms with Crippen molar-refractivity contribution in [3.63, 3.8) is 0 Å². The molecule has 0 spiro atoms. The molecule has 0 atom stereocenters. The average Bonchev–Trinajstić information content (AvgIpc) is 2.44. The fraction of sp³-hybridized carbons (Fsp3) is 0.667. The molecule has 3 heteroatoms. The lowest BCUT2D eigenvalue weighted by atomic mass is 10.1. The summed E-state index contributed by atoms with van der Waals surface area (Å²) in [6.45, 7) is 8.50. The van der Waals surface area contributed by atoms with Gasteiger partial charge in [-0.25, -0.2) is 0 Å². The minimum absolute atomic E-state index is 0.162. The Kier molecular flexibility index (Phi) is 8.91. The quantitative estimate of drug-likeness (QED) is 0.475. The van der Waals surface area contributed by atoms with Crippen LogP contribution in [0.2, 0.25) is 0 Å². The van der Waals surface area contributed by atoms with E-state index in [9.17, 15) is 0 Å². The highest BCUT2D eigenvalue weighted by Crippen LogP contribution is 2.24. The van der Waals surface area contributed by atoms with Crippen LogP contribution in [-0.2, 0) is 6.42 Å². The molecule has 1 aromatic carbocycles. The third-order valence-corrected chi connectivity index (χ3v) is 3.46. The predicted octanol–water partition coefficient (Wildman–Crippen LogP) is 4.16. The first kappa shape index (κ1) is 17.8. The summed E-state index contributed by atoms with van der Waals surface area (Å²) in [4.78, 5) is 0. The van der Waals surface area contributed by atoms with E-state index in [1.54, 1.807) is 0 Å². The molecule has 21 heavy (non-hydrogen) atoms. The maximum atomic E-state index is 6.03. The maximum Gasteiger partial charge on any atom is 0.142 e. The summed E-state index contributed by atoms with van der Waals surface area (Å²) in [5, 5.41) is 3.51. The molecule has 120 valence electrons.